The predicted molar refractivity (Wildman–Crippen MR) is 317 cm³/mol. The van der Waals surface area contributed by atoms with Gasteiger partial charge in [0.1, 0.15) is 19.3 Å². The Morgan fingerprint density at radius 1 is 0.338 bits per heavy atom. The van der Waals surface area contributed by atoms with E-state index < -0.39 is 97.5 Å². The minimum absolute atomic E-state index is 0.104. The van der Waals surface area contributed by atoms with Crippen LogP contribution in [0.25, 0.3) is 0 Å². The van der Waals surface area contributed by atoms with E-state index in [1.807, 2.05) is 0 Å². The van der Waals surface area contributed by atoms with Crippen LogP contribution in [0.3, 0.4) is 0 Å². The summed E-state index contributed by atoms with van der Waals surface area (Å²) in [7, 11) is -9.87. The van der Waals surface area contributed by atoms with Gasteiger partial charge in [-0.1, -0.05) is 253 Å². The van der Waals surface area contributed by atoms with Gasteiger partial charge in [-0.3, -0.25) is 37.3 Å². The summed E-state index contributed by atoms with van der Waals surface area (Å²) in [4.78, 5) is 71.9. The maximum absolute atomic E-state index is 12.9. The SMILES string of the molecule is CCCCCCCCCCCCCCCCC(=O)O[C@H](COC(=O)CCCCCCCCCCC(C)C)COP(=O)(O)OC[C@@H](O)COP(=O)(O)OC[C@@H](COC(=O)CCCCCCCCC)OC(=O)CCCCCCCCCC. The van der Waals surface area contributed by atoms with Crippen molar-refractivity contribution in [3.63, 3.8) is 0 Å². The molecule has 0 aliphatic heterocycles. The molecule has 0 bridgehead atoms. The van der Waals surface area contributed by atoms with Gasteiger partial charge in [0.2, 0.25) is 0 Å². The van der Waals surface area contributed by atoms with E-state index in [9.17, 15) is 43.2 Å². The van der Waals surface area contributed by atoms with Crippen molar-refractivity contribution < 1.29 is 80.2 Å². The van der Waals surface area contributed by atoms with Gasteiger partial charge in [-0.15, -0.1) is 0 Å². The van der Waals surface area contributed by atoms with Gasteiger partial charge in [0, 0.05) is 25.7 Å². The van der Waals surface area contributed by atoms with E-state index in [2.05, 4.69) is 34.6 Å². The molecule has 80 heavy (non-hydrogen) atoms. The lowest BCUT2D eigenvalue weighted by atomic mass is 10.0. The summed E-state index contributed by atoms with van der Waals surface area (Å²) in [5.74, 6) is -1.42. The Labute approximate surface area is 486 Å². The molecule has 19 heteroatoms. The molecule has 0 aromatic heterocycles. The molecule has 0 heterocycles. The Morgan fingerprint density at radius 3 is 0.850 bits per heavy atom. The molecule has 474 valence electrons. The minimum Gasteiger partial charge on any atom is -0.462 e. The molecular weight excluding hydrogens is 1070 g/mol. The molecule has 0 aromatic carbocycles. The Hall–Kier alpha value is -1.94. The normalized spacial score (nSPS) is 14.3. The standard InChI is InChI=1S/C61H118O17P2/c1-6-9-12-15-18-20-21-22-23-24-25-32-37-42-47-61(66)78-57(51-72-59(64)45-40-35-31-27-26-29-33-38-43-54(4)5)53-76-80(69,70)74-49-55(62)48-73-79(67,68)75-52-56(50-71-58(63)44-39-34-28-17-14-11-8-3)77-60(65)46-41-36-30-19-16-13-10-7-2/h54-57,62H,6-53H2,1-5H3,(H,67,68)(H,69,70)/t55-,56+,57+/m0/s1. The Bertz CT molecular complexity index is 1570. The maximum atomic E-state index is 12.9. The number of carbonyl (C=O) groups is 4. The molecule has 0 saturated carbocycles. The van der Waals surface area contributed by atoms with Crippen LogP contribution >= 0.6 is 15.6 Å². The highest BCUT2D eigenvalue weighted by molar-refractivity contribution is 7.47. The number of unbranched alkanes of at least 4 members (excludes halogenated alkanes) is 33. The summed E-state index contributed by atoms with van der Waals surface area (Å²) < 4.78 is 67.7. The molecule has 3 N–H and O–H groups in total. The van der Waals surface area contributed by atoms with E-state index in [0.717, 1.165) is 115 Å². The molecule has 0 amide bonds. The summed E-state index contributed by atoms with van der Waals surface area (Å²) in [5, 5.41) is 10.5. The minimum atomic E-state index is -4.94. The van der Waals surface area contributed by atoms with E-state index in [4.69, 9.17) is 37.0 Å². The average Bonchev–Trinajstić information content (AvgIpc) is 3.42. The van der Waals surface area contributed by atoms with Crippen molar-refractivity contribution in [3.05, 3.63) is 0 Å². The van der Waals surface area contributed by atoms with Crippen LogP contribution in [-0.4, -0.2) is 96.7 Å². The number of hydrogen-bond donors (Lipinski definition) is 3. The first kappa shape index (κ1) is 78.1. The molecule has 0 aromatic rings. The van der Waals surface area contributed by atoms with Crippen molar-refractivity contribution in [2.45, 2.75) is 323 Å². The van der Waals surface area contributed by atoms with E-state index in [0.29, 0.717) is 25.7 Å². The number of carbonyl (C=O) groups excluding carboxylic acids is 4. The van der Waals surface area contributed by atoms with Crippen LogP contribution < -0.4 is 0 Å². The fourth-order valence-corrected chi connectivity index (χ4v) is 10.6. The summed E-state index contributed by atoms with van der Waals surface area (Å²) in [6.45, 7) is 7.07. The van der Waals surface area contributed by atoms with Gasteiger partial charge in [0.15, 0.2) is 12.2 Å². The lowest BCUT2D eigenvalue weighted by molar-refractivity contribution is -0.161. The first-order valence-corrected chi connectivity index (χ1v) is 35.1. The molecule has 0 saturated heterocycles. The van der Waals surface area contributed by atoms with Gasteiger partial charge in [0.05, 0.1) is 26.4 Å². The van der Waals surface area contributed by atoms with Gasteiger partial charge < -0.3 is 33.8 Å². The van der Waals surface area contributed by atoms with Crippen LogP contribution in [0.1, 0.15) is 304 Å². The number of phosphoric acid groups is 2. The lowest BCUT2D eigenvalue weighted by Gasteiger charge is -2.21. The van der Waals surface area contributed by atoms with Crippen LogP contribution in [-0.2, 0) is 65.4 Å². The first-order valence-electron chi connectivity index (χ1n) is 32.1. The van der Waals surface area contributed by atoms with Crippen LogP contribution in [0.4, 0.5) is 0 Å². The highest BCUT2D eigenvalue weighted by atomic mass is 31.2. The fraction of sp³-hybridized carbons (Fsp3) is 0.934. The van der Waals surface area contributed by atoms with Crippen molar-refractivity contribution in [3.8, 4) is 0 Å². The molecule has 5 atom stereocenters. The van der Waals surface area contributed by atoms with Gasteiger partial charge in [-0.25, -0.2) is 9.13 Å². The molecule has 0 fully saturated rings. The van der Waals surface area contributed by atoms with E-state index in [-0.39, 0.29) is 25.7 Å². The molecule has 0 radical (unpaired) electrons. The third kappa shape index (κ3) is 55.3. The second kappa shape index (κ2) is 55.0. The topological polar surface area (TPSA) is 237 Å². The van der Waals surface area contributed by atoms with Crippen LogP contribution in [0.5, 0.6) is 0 Å². The third-order valence-corrected chi connectivity index (χ3v) is 15.9. The third-order valence-electron chi connectivity index (χ3n) is 14.0. The van der Waals surface area contributed by atoms with Crippen molar-refractivity contribution >= 4 is 39.5 Å². The predicted octanol–water partition coefficient (Wildman–Crippen LogP) is 16.6. The Morgan fingerprint density at radius 2 is 0.575 bits per heavy atom. The molecule has 17 nitrogen and oxygen atoms in total. The summed E-state index contributed by atoms with van der Waals surface area (Å²) >= 11 is 0. The summed E-state index contributed by atoms with van der Waals surface area (Å²) in [6, 6.07) is 0. The van der Waals surface area contributed by atoms with E-state index in [1.54, 1.807) is 0 Å². The molecule has 0 aliphatic rings. The second-order valence-electron chi connectivity index (χ2n) is 22.6. The fourth-order valence-electron chi connectivity index (χ4n) is 9.05. The first-order chi connectivity index (χ1) is 38.5. The van der Waals surface area contributed by atoms with Crippen LogP contribution in [0.2, 0.25) is 0 Å². The number of hydrogen-bond acceptors (Lipinski definition) is 15. The summed E-state index contributed by atoms with van der Waals surface area (Å²) in [5.41, 5.74) is 0. The van der Waals surface area contributed by atoms with Gasteiger partial charge >= 0.3 is 39.5 Å². The van der Waals surface area contributed by atoms with Crippen molar-refractivity contribution in [1.82, 2.24) is 0 Å². The zero-order valence-corrected chi connectivity index (χ0v) is 53.0. The number of esters is 4. The zero-order valence-electron chi connectivity index (χ0n) is 51.2. The number of aliphatic hydroxyl groups excluding tert-OH is 1. The highest BCUT2D eigenvalue weighted by Gasteiger charge is 2.30. The monoisotopic (exact) mass is 1180 g/mol. The molecule has 0 rings (SSSR count). The lowest BCUT2D eigenvalue weighted by Crippen LogP contribution is -2.30. The van der Waals surface area contributed by atoms with Gasteiger partial charge in [0.25, 0.3) is 0 Å². The Balaban J connectivity index is 5.20. The number of rotatable bonds is 61. The van der Waals surface area contributed by atoms with E-state index >= 15 is 0 Å². The van der Waals surface area contributed by atoms with Crippen LogP contribution in [0.15, 0.2) is 0 Å². The van der Waals surface area contributed by atoms with E-state index in [1.165, 1.54) is 109 Å². The zero-order chi connectivity index (χ0) is 59.2. The quantitative estimate of drug-likeness (QED) is 0.0222. The largest absolute Gasteiger partial charge is 0.472 e. The molecule has 0 aliphatic carbocycles. The highest BCUT2D eigenvalue weighted by Crippen LogP contribution is 2.45. The summed E-state index contributed by atoms with van der Waals surface area (Å²) in [6.07, 6.45) is 37.7. The van der Waals surface area contributed by atoms with Gasteiger partial charge in [-0.2, -0.15) is 0 Å². The Kier molecular flexibility index (Phi) is 53.6. The second-order valence-corrected chi connectivity index (χ2v) is 25.5. The maximum Gasteiger partial charge on any atom is 0.472 e. The molecule has 2 unspecified atom stereocenters. The van der Waals surface area contributed by atoms with Crippen molar-refractivity contribution in [2.24, 2.45) is 5.92 Å². The smallest absolute Gasteiger partial charge is 0.462 e. The van der Waals surface area contributed by atoms with Crippen molar-refractivity contribution in [2.75, 3.05) is 39.6 Å². The number of aliphatic hydroxyl groups is 1. The molecular formula is C61H118O17P2. The number of ether oxygens (including phenoxy) is 4. The van der Waals surface area contributed by atoms with Crippen molar-refractivity contribution in [1.29, 1.82) is 0 Å². The average molecular weight is 1190 g/mol. The van der Waals surface area contributed by atoms with Gasteiger partial charge in [-0.05, 0) is 31.6 Å². The molecule has 0 spiro atoms. The number of phosphoric ester groups is 2. The van der Waals surface area contributed by atoms with Crippen LogP contribution in [0, 0.1) is 5.92 Å².